The molecule has 2 N–H and O–H groups in total. The van der Waals surface area contributed by atoms with Crippen molar-refractivity contribution in [3.63, 3.8) is 0 Å². The predicted octanol–water partition coefficient (Wildman–Crippen LogP) is 2.89. The third kappa shape index (κ3) is 4.29. The topological polar surface area (TPSA) is 106 Å². The van der Waals surface area contributed by atoms with Crippen LogP contribution in [0.25, 0.3) is 11.4 Å². The fourth-order valence-electron chi connectivity index (χ4n) is 2.31. The van der Waals surface area contributed by atoms with Gasteiger partial charge in [-0.3, -0.25) is 14.3 Å². The zero-order valence-corrected chi connectivity index (χ0v) is 13.9. The van der Waals surface area contributed by atoms with E-state index < -0.39 is 18.3 Å². The monoisotopic (exact) mass is 377 g/mol. The maximum Gasteiger partial charge on any atom is 0.439 e. The van der Waals surface area contributed by atoms with Crippen LogP contribution in [0.1, 0.15) is 10.4 Å². The largest absolute Gasteiger partial charge is 0.493 e. The molecule has 0 atom stereocenters. The predicted molar refractivity (Wildman–Crippen MR) is 90.1 cm³/mol. The molecule has 27 heavy (non-hydrogen) atoms. The normalized spacial score (nSPS) is 10.7. The molecule has 3 aromatic rings. The third-order valence-corrected chi connectivity index (χ3v) is 3.48. The van der Waals surface area contributed by atoms with Crippen LogP contribution in [-0.2, 0) is 0 Å². The van der Waals surface area contributed by atoms with Gasteiger partial charge >= 0.3 is 12.4 Å². The quantitative estimate of drug-likeness (QED) is 0.684. The molecular formula is C17H13F2N3O5. The maximum atomic E-state index is 12.5. The maximum absolute atomic E-state index is 12.5. The van der Waals surface area contributed by atoms with Gasteiger partial charge in [0.1, 0.15) is 0 Å². The summed E-state index contributed by atoms with van der Waals surface area (Å²) in [4.78, 5) is 25.9. The summed E-state index contributed by atoms with van der Waals surface area (Å²) in [5.41, 5.74) is 0.996. The summed E-state index contributed by atoms with van der Waals surface area (Å²) in [7, 11) is 1.30. The van der Waals surface area contributed by atoms with Crippen molar-refractivity contribution >= 4 is 11.6 Å². The highest BCUT2D eigenvalue weighted by Gasteiger charge is 2.15. The zero-order valence-electron chi connectivity index (χ0n) is 13.9. The lowest BCUT2D eigenvalue weighted by molar-refractivity contribution is -0.0512. The van der Waals surface area contributed by atoms with E-state index in [0.717, 1.165) is 6.07 Å². The Bertz CT molecular complexity index is 1020. The molecule has 0 unspecified atom stereocenters. The Hall–Kier alpha value is -3.69. The highest BCUT2D eigenvalue weighted by Crippen LogP contribution is 2.30. The average Bonchev–Trinajstić information content (AvgIpc) is 3.08. The van der Waals surface area contributed by atoms with Gasteiger partial charge in [-0.25, -0.2) is 4.79 Å². The molecule has 0 saturated carbocycles. The van der Waals surface area contributed by atoms with E-state index in [0.29, 0.717) is 11.3 Å². The van der Waals surface area contributed by atoms with E-state index in [1.54, 1.807) is 24.3 Å². The molecule has 0 saturated heterocycles. The van der Waals surface area contributed by atoms with Crippen molar-refractivity contribution in [2.45, 2.75) is 6.61 Å². The van der Waals surface area contributed by atoms with Crippen LogP contribution in [0.3, 0.4) is 0 Å². The van der Waals surface area contributed by atoms with Crippen molar-refractivity contribution in [2.75, 3.05) is 12.4 Å². The number of hydrogen-bond donors (Lipinski definition) is 2. The van der Waals surface area contributed by atoms with E-state index in [1.807, 2.05) is 0 Å². The molecule has 140 valence electrons. The van der Waals surface area contributed by atoms with Gasteiger partial charge in [0.2, 0.25) is 0 Å². The molecule has 1 amide bonds. The second kappa shape index (κ2) is 7.68. The lowest BCUT2D eigenvalue weighted by atomic mass is 10.1. The summed E-state index contributed by atoms with van der Waals surface area (Å²) < 4.78 is 38.8. The Morgan fingerprint density at radius 2 is 2.04 bits per heavy atom. The summed E-state index contributed by atoms with van der Waals surface area (Å²) in [6, 6.07) is 10.4. The number of nitrogens with one attached hydrogen (secondary N) is 2. The first-order chi connectivity index (χ1) is 13.0. The van der Waals surface area contributed by atoms with Crippen molar-refractivity contribution in [3.05, 3.63) is 58.6 Å². The first-order valence-electron chi connectivity index (χ1n) is 7.57. The number of benzene rings is 2. The molecule has 10 heteroatoms. The van der Waals surface area contributed by atoms with E-state index in [9.17, 15) is 18.4 Å². The molecule has 0 aliphatic heterocycles. The number of ether oxygens (including phenoxy) is 2. The molecule has 1 aromatic heterocycles. The Kier molecular flexibility index (Phi) is 5.15. The van der Waals surface area contributed by atoms with Gasteiger partial charge in [0.25, 0.3) is 5.91 Å². The van der Waals surface area contributed by atoms with Crippen molar-refractivity contribution in [1.29, 1.82) is 0 Å². The smallest absolute Gasteiger partial charge is 0.439 e. The lowest BCUT2D eigenvalue weighted by Crippen LogP contribution is -2.13. The molecule has 8 nitrogen and oxygen atoms in total. The number of hydrogen-bond acceptors (Lipinski definition) is 6. The summed E-state index contributed by atoms with van der Waals surface area (Å²) in [5.74, 6) is -1.24. The van der Waals surface area contributed by atoms with Crippen LogP contribution in [0.2, 0.25) is 0 Å². The number of anilines is 1. The first-order valence-corrected chi connectivity index (χ1v) is 7.57. The van der Waals surface area contributed by atoms with Gasteiger partial charge in [-0.05, 0) is 30.3 Å². The van der Waals surface area contributed by atoms with E-state index in [-0.39, 0.29) is 22.9 Å². The highest BCUT2D eigenvalue weighted by molar-refractivity contribution is 6.04. The number of halogens is 2. The fourth-order valence-corrected chi connectivity index (χ4v) is 2.31. The Balaban J connectivity index is 1.82. The number of aromatic nitrogens is 2. The number of amides is 1. The average molecular weight is 377 g/mol. The minimum atomic E-state index is -3.06. The van der Waals surface area contributed by atoms with Crippen LogP contribution >= 0.6 is 0 Å². The number of nitrogens with zero attached hydrogens (tertiary/aromatic N) is 1. The molecule has 0 fully saturated rings. The number of methoxy groups -OCH3 is 1. The van der Waals surface area contributed by atoms with Gasteiger partial charge < -0.3 is 14.8 Å². The number of rotatable bonds is 6. The highest BCUT2D eigenvalue weighted by atomic mass is 19.3. The minimum Gasteiger partial charge on any atom is -0.493 e. The molecule has 1 heterocycles. The Morgan fingerprint density at radius 1 is 1.22 bits per heavy atom. The molecule has 0 aliphatic carbocycles. The lowest BCUT2D eigenvalue weighted by Gasteiger charge is -2.12. The number of H-pyrrole nitrogens is 1. The summed E-state index contributed by atoms with van der Waals surface area (Å²) in [6.07, 6.45) is 0. The number of alkyl halides is 2. The van der Waals surface area contributed by atoms with Gasteiger partial charge in [0, 0.05) is 16.8 Å². The molecular weight excluding hydrogens is 364 g/mol. The summed E-state index contributed by atoms with van der Waals surface area (Å²) in [5, 5.41) is 6.19. The molecule has 3 rings (SSSR count). The molecule has 0 aliphatic rings. The summed E-state index contributed by atoms with van der Waals surface area (Å²) in [6.45, 7) is -3.06. The van der Waals surface area contributed by atoms with E-state index >= 15 is 0 Å². The SMILES string of the molecule is COc1ccc(C(=O)Nc2cccc(-c3noc(=O)[nH]3)c2)cc1OC(F)F. The molecule has 0 radical (unpaired) electrons. The van der Waals surface area contributed by atoms with E-state index in [2.05, 4.69) is 24.7 Å². The van der Waals surface area contributed by atoms with E-state index in [1.165, 1.54) is 19.2 Å². The van der Waals surface area contributed by atoms with Crippen molar-refractivity contribution in [3.8, 4) is 22.9 Å². The van der Waals surface area contributed by atoms with Gasteiger partial charge in [-0.2, -0.15) is 8.78 Å². The second-order valence-corrected chi connectivity index (χ2v) is 5.22. The second-order valence-electron chi connectivity index (χ2n) is 5.22. The van der Waals surface area contributed by atoms with Crippen molar-refractivity contribution in [2.24, 2.45) is 0 Å². The van der Waals surface area contributed by atoms with Gasteiger partial charge in [0.05, 0.1) is 7.11 Å². The van der Waals surface area contributed by atoms with Crippen LogP contribution in [0.4, 0.5) is 14.5 Å². The molecule has 0 spiro atoms. The van der Waals surface area contributed by atoms with Crippen LogP contribution in [-0.4, -0.2) is 29.8 Å². The fraction of sp³-hybridized carbons (Fsp3) is 0.118. The van der Waals surface area contributed by atoms with Gasteiger partial charge in [0.15, 0.2) is 17.3 Å². The number of carbonyl (C=O) groups excluding carboxylic acids is 1. The van der Waals surface area contributed by atoms with Crippen LogP contribution in [0, 0.1) is 0 Å². The number of carbonyl (C=O) groups is 1. The Morgan fingerprint density at radius 3 is 2.70 bits per heavy atom. The van der Waals surface area contributed by atoms with Gasteiger partial charge in [-0.1, -0.05) is 17.3 Å². The standard InChI is InChI=1S/C17H13F2N3O5/c1-25-12-6-5-10(8-13(12)26-16(18)19)15(23)20-11-4-2-3-9(7-11)14-21-17(24)27-22-14/h2-8,16H,1H3,(H,20,23)(H,21,22,24). The van der Waals surface area contributed by atoms with Crippen molar-refractivity contribution in [1.82, 2.24) is 10.1 Å². The summed E-state index contributed by atoms with van der Waals surface area (Å²) >= 11 is 0. The van der Waals surface area contributed by atoms with Crippen molar-refractivity contribution < 1.29 is 27.6 Å². The van der Waals surface area contributed by atoms with Crippen LogP contribution in [0.15, 0.2) is 51.8 Å². The minimum absolute atomic E-state index is 0.0730. The first kappa shape index (κ1) is 18.1. The molecule has 2 aromatic carbocycles. The zero-order chi connectivity index (χ0) is 19.4. The Labute approximate surface area is 150 Å². The third-order valence-electron chi connectivity index (χ3n) is 3.48. The van der Waals surface area contributed by atoms with E-state index in [4.69, 9.17) is 4.74 Å². The van der Waals surface area contributed by atoms with Crippen LogP contribution in [0.5, 0.6) is 11.5 Å². The van der Waals surface area contributed by atoms with Gasteiger partial charge in [-0.15, -0.1) is 0 Å². The molecule has 0 bridgehead atoms. The number of aromatic amines is 1. The van der Waals surface area contributed by atoms with Crippen LogP contribution < -0.4 is 20.5 Å².